The summed E-state index contributed by atoms with van der Waals surface area (Å²) >= 11 is 7.62. The van der Waals surface area contributed by atoms with Crippen molar-refractivity contribution < 1.29 is 9.53 Å². The monoisotopic (exact) mass is 412 g/mol. The summed E-state index contributed by atoms with van der Waals surface area (Å²) in [5, 5.41) is 9.77. The van der Waals surface area contributed by atoms with Crippen LogP contribution in [0.3, 0.4) is 0 Å². The molecule has 6 nitrogen and oxygen atoms in total. The smallest absolute Gasteiger partial charge is 0.264 e. The number of halogens is 1. The molecule has 0 aliphatic heterocycles. The molecule has 0 bridgehead atoms. The summed E-state index contributed by atoms with van der Waals surface area (Å²) in [6, 6.07) is 13.5. The number of hydrogen-bond acceptors (Lipinski definition) is 5. The van der Waals surface area contributed by atoms with Gasteiger partial charge in [-0.1, -0.05) is 41.9 Å². The van der Waals surface area contributed by atoms with Crippen molar-refractivity contribution in [2.24, 2.45) is 0 Å². The fourth-order valence-corrected chi connectivity index (χ4v) is 3.78. The molecule has 1 N–H and O–H groups in total. The summed E-state index contributed by atoms with van der Waals surface area (Å²) in [4.78, 5) is 17.3. The Kier molecular flexibility index (Phi) is 5.02. The first-order chi connectivity index (χ1) is 13.5. The maximum absolute atomic E-state index is 12.2. The molecule has 0 aliphatic rings. The molecule has 0 saturated heterocycles. The number of rotatable bonds is 5. The van der Waals surface area contributed by atoms with E-state index in [1.54, 1.807) is 16.6 Å². The molecule has 0 saturated carbocycles. The van der Waals surface area contributed by atoms with E-state index in [2.05, 4.69) is 15.4 Å². The number of aryl methyl sites for hydroxylation is 2. The van der Waals surface area contributed by atoms with Gasteiger partial charge in [0.1, 0.15) is 5.75 Å². The minimum absolute atomic E-state index is 0.140. The first kappa shape index (κ1) is 18.5. The summed E-state index contributed by atoms with van der Waals surface area (Å²) < 4.78 is 7.30. The van der Waals surface area contributed by atoms with Crippen LogP contribution in [0.15, 0.2) is 47.8 Å². The van der Waals surface area contributed by atoms with E-state index in [-0.39, 0.29) is 18.5 Å². The average molecular weight is 413 g/mol. The Labute approximate surface area is 170 Å². The van der Waals surface area contributed by atoms with Crippen LogP contribution in [-0.4, -0.2) is 27.1 Å². The minimum atomic E-state index is -0.329. The van der Waals surface area contributed by atoms with Crippen molar-refractivity contribution in [1.82, 2.24) is 14.6 Å². The van der Waals surface area contributed by atoms with Crippen LogP contribution < -0.4 is 10.1 Å². The number of carbonyl (C=O) groups is 1. The number of thiazole rings is 1. The second-order valence-corrected chi connectivity index (χ2v) is 7.54. The van der Waals surface area contributed by atoms with Crippen molar-refractivity contribution in [3.8, 4) is 17.0 Å². The Bertz CT molecular complexity index is 1130. The summed E-state index contributed by atoms with van der Waals surface area (Å²) in [7, 11) is 0. The molecule has 1 amide bonds. The Morgan fingerprint density at radius 1 is 1.21 bits per heavy atom. The third kappa shape index (κ3) is 3.72. The SMILES string of the molecule is Cc1cc(OCC(=O)Nc2nc3scc(-c4ccccc4)n3n2)cc(C)c1Cl. The first-order valence-corrected chi connectivity index (χ1v) is 9.86. The van der Waals surface area contributed by atoms with E-state index in [0.717, 1.165) is 22.4 Å². The molecular formula is C20H17ClN4O2S. The van der Waals surface area contributed by atoms with E-state index in [1.807, 2.05) is 49.6 Å². The lowest BCUT2D eigenvalue weighted by molar-refractivity contribution is -0.118. The highest BCUT2D eigenvalue weighted by Crippen LogP contribution is 2.27. The molecule has 2 heterocycles. The van der Waals surface area contributed by atoms with E-state index in [4.69, 9.17) is 16.3 Å². The van der Waals surface area contributed by atoms with Crippen LogP contribution in [0.1, 0.15) is 11.1 Å². The normalized spacial score (nSPS) is 11.0. The number of benzene rings is 2. The van der Waals surface area contributed by atoms with Crippen LogP contribution >= 0.6 is 22.9 Å². The molecule has 142 valence electrons. The van der Waals surface area contributed by atoms with Crippen LogP contribution in [0, 0.1) is 13.8 Å². The summed E-state index contributed by atoms with van der Waals surface area (Å²) in [6.45, 7) is 3.65. The van der Waals surface area contributed by atoms with Gasteiger partial charge in [-0.15, -0.1) is 16.4 Å². The summed E-state index contributed by atoms with van der Waals surface area (Å²) in [6.07, 6.45) is 0. The zero-order valence-electron chi connectivity index (χ0n) is 15.3. The van der Waals surface area contributed by atoms with Gasteiger partial charge in [0.05, 0.1) is 5.69 Å². The molecule has 4 aromatic rings. The zero-order chi connectivity index (χ0) is 19.7. The number of anilines is 1. The number of hydrogen-bond donors (Lipinski definition) is 1. The predicted molar refractivity (Wildman–Crippen MR) is 111 cm³/mol. The standard InChI is InChI=1S/C20H17ClN4O2S/c1-12-8-15(9-13(2)18(12)21)27-10-17(26)22-19-23-20-25(24-19)16(11-28-20)14-6-4-3-5-7-14/h3-9,11H,10H2,1-2H3,(H,22,24,26). The maximum Gasteiger partial charge on any atom is 0.264 e. The predicted octanol–water partition coefficient (Wildman–Crippen LogP) is 4.75. The third-order valence-corrected chi connectivity index (χ3v) is 5.59. The van der Waals surface area contributed by atoms with Crippen molar-refractivity contribution in [2.45, 2.75) is 13.8 Å². The molecular weight excluding hydrogens is 396 g/mol. The van der Waals surface area contributed by atoms with Crippen LogP contribution in [0.4, 0.5) is 5.95 Å². The van der Waals surface area contributed by atoms with Gasteiger partial charge < -0.3 is 4.74 Å². The number of ether oxygens (including phenoxy) is 1. The van der Waals surface area contributed by atoms with Crippen LogP contribution in [0.2, 0.25) is 5.02 Å². The number of aromatic nitrogens is 3. The topological polar surface area (TPSA) is 68.5 Å². The lowest BCUT2D eigenvalue weighted by Crippen LogP contribution is -2.21. The lowest BCUT2D eigenvalue weighted by Gasteiger charge is -2.09. The molecule has 2 aromatic carbocycles. The van der Waals surface area contributed by atoms with Crippen LogP contribution in [0.25, 0.3) is 16.2 Å². The number of nitrogens with zero attached hydrogens (tertiary/aromatic N) is 3. The van der Waals surface area contributed by atoms with Crippen molar-refractivity contribution in [3.63, 3.8) is 0 Å². The van der Waals surface area contributed by atoms with E-state index in [0.29, 0.717) is 15.7 Å². The summed E-state index contributed by atoms with van der Waals surface area (Å²) in [5.41, 5.74) is 3.77. The van der Waals surface area contributed by atoms with Gasteiger partial charge in [0.2, 0.25) is 4.96 Å². The molecule has 0 atom stereocenters. The first-order valence-electron chi connectivity index (χ1n) is 8.60. The van der Waals surface area contributed by atoms with Crippen molar-refractivity contribution in [3.05, 3.63) is 64.0 Å². The van der Waals surface area contributed by atoms with E-state index < -0.39 is 0 Å². The number of nitrogens with one attached hydrogen (secondary N) is 1. The Morgan fingerprint density at radius 3 is 2.64 bits per heavy atom. The van der Waals surface area contributed by atoms with Gasteiger partial charge in [-0.2, -0.15) is 4.98 Å². The van der Waals surface area contributed by atoms with Gasteiger partial charge in [-0.25, -0.2) is 4.52 Å². The highest BCUT2D eigenvalue weighted by molar-refractivity contribution is 7.15. The molecule has 28 heavy (non-hydrogen) atoms. The van der Waals surface area contributed by atoms with Gasteiger partial charge in [0.15, 0.2) is 6.61 Å². The molecule has 2 aromatic heterocycles. The molecule has 0 spiro atoms. The molecule has 0 fully saturated rings. The molecule has 0 radical (unpaired) electrons. The quantitative estimate of drug-likeness (QED) is 0.513. The Morgan fingerprint density at radius 2 is 1.93 bits per heavy atom. The summed E-state index contributed by atoms with van der Waals surface area (Å²) in [5.74, 6) is 0.519. The maximum atomic E-state index is 12.2. The number of carbonyl (C=O) groups excluding carboxylic acids is 1. The van der Waals surface area contributed by atoms with Crippen molar-refractivity contribution in [1.29, 1.82) is 0 Å². The fourth-order valence-electron chi connectivity index (χ4n) is 2.84. The minimum Gasteiger partial charge on any atom is -0.484 e. The highest BCUT2D eigenvalue weighted by atomic mass is 35.5. The van der Waals surface area contributed by atoms with Crippen LogP contribution in [-0.2, 0) is 4.79 Å². The largest absolute Gasteiger partial charge is 0.484 e. The average Bonchev–Trinajstić information content (AvgIpc) is 3.25. The van der Waals surface area contributed by atoms with E-state index >= 15 is 0 Å². The van der Waals surface area contributed by atoms with E-state index in [9.17, 15) is 4.79 Å². The highest BCUT2D eigenvalue weighted by Gasteiger charge is 2.14. The van der Waals surface area contributed by atoms with Crippen molar-refractivity contribution in [2.75, 3.05) is 11.9 Å². The molecule has 0 aliphatic carbocycles. The number of fused-ring (bicyclic) bond motifs is 1. The Balaban J connectivity index is 1.45. The fraction of sp³-hybridized carbons (Fsp3) is 0.150. The van der Waals surface area contributed by atoms with Gasteiger partial charge in [-0.05, 0) is 37.1 Å². The zero-order valence-corrected chi connectivity index (χ0v) is 16.8. The second kappa shape index (κ2) is 7.61. The number of amides is 1. The molecule has 8 heteroatoms. The van der Waals surface area contributed by atoms with Gasteiger partial charge in [0, 0.05) is 16.0 Å². The lowest BCUT2D eigenvalue weighted by atomic mass is 10.1. The van der Waals surface area contributed by atoms with Gasteiger partial charge in [-0.3, -0.25) is 10.1 Å². The third-order valence-electron chi connectivity index (χ3n) is 4.18. The Hall–Kier alpha value is -2.90. The van der Waals surface area contributed by atoms with E-state index in [1.165, 1.54) is 11.3 Å². The van der Waals surface area contributed by atoms with Crippen molar-refractivity contribution >= 4 is 39.8 Å². The molecule has 4 rings (SSSR count). The van der Waals surface area contributed by atoms with Gasteiger partial charge in [0.25, 0.3) is 11.9 Å². The van der Waals surface area contributed by atoms with Crippen LogP contribution in [0.5, 0.6) is 5.75 Å². The van der Waals surface area contributed by atoms with Gasteiger partial charge >= 0.3 is 0 Å². The second-order valence-electron chi connectivity index (χ2n) is 6.32. The molecule has 0 unspecified atom stereocenters.